The molecule has 0 aromatic heterocycles. The van der Waals surface area contributed by atoms with Gasteiger partial charge in [0, 0.05) is 30.9 Å². The predicted molar refractivity (Wildman–Crippen MR) is 109 cm³/mol. The molecule has 4 rings (SSSR count). The van der Waals surface area contributed by atoms with Crippen LogP contribution in [-0.4, -0.2) is 16.3 Å². The Balaban J connectivity index is 2.29. The first-order valence-corrected chi connectivity index (χ1v) is 10.4. The normalized spacial score (nSPS) is 32.0. The van der Waals surface area contributed by atoms with Crippen LogP contribution in [0.25, 0.3) is 0 Å². The highest BCUT2D eigenvalue weighted by Crippen LogP contribution is 2.55. The molecule has 1 fully saturated rings. The first-order chi connectivity index (χ1) is 11.6. The maximum Gasteiger partial charge on any atom is 0.212 e. The summed E-state index contributed by atoms with van der Waals surface area (Å²) in [5.74, 6) is 2.58. The summed E-state index contributed by atoms with van der Waals surface area (Å²) in [4.78, 5) is 0. The van der Waals surface area contributed by atoms with Crippen molar-refractivity contribution in [1.29, 1.82) is 0 Å². The summed E-state index contributed by atoms with van der Waals surface area (Å²) in [5, 5.41) is 0. The third-order valence-corrected chi connectivity index (χ3v) is 7.37. The molecule has 1 saturated carbocycles. The molecular formula is C24H38N+. The van der Waals surface area contributed by atoms with Crippen LogP contribution in [0, 0.1) is 17.3 Å². The molecule has 2 aliphatic heterocycles. The van der Waals surface area contributed by atoms with Gasteiger partial charge in [-0.25, -0.2) is 0 Å². The SMILES string of the molecule is CC(C)c1cccc(C(C)C)c1[N+]1=CC2(C(C)C)CCC1(C)C[C@@H]2C. The van der Waals surface area contributed by atoms with Crippen molar-refractivity contribution in [3.63, 3.8) is 0 Å². The fraction of sp³-hybridized carbons (Fsp3) is 0.708. The molecule has 1 aliphatic carbocycles. The van der Waals surface area contributed by atoms with Crippen LogP contribution in [0.3, 0.4) is 0 Å². The number of fused-ring (bicyclic) bond motifs is 2. The van der Waals surface area contributed by atoms with Gasteiger partial charge in [-0.05, 0) is 30.1 Å². The van der Waals surface area contributed by atoms with Crippen LogP contribution in [0.5, 0.6) is 0 Å². The molecule has 138 valence electrons. The van der Waals surface area contributed by atoms with E-state index in [1.165, 1.54) is 36.1 Å². The molecule has 2 heterocycles. The Kier molecular flexibility index (Phi) is 4.67. The van der Waals surface area contributed by atoms with Crippen LogP contribution in [0.4, 0.5) is 5.69 Å². The number of para-hydroxylation sites is 1. The standard InChI is InChI=1S/C24H38N/c1-16(2)20-10-9-11-21(17(3)4)22(20)25-15-24(18(5)6)13-12-23(25,8)14-19(24)7/h9-11,15-19H,12-14H2,1-8H3/q+1/t19-,23?,24?/m0/s1. The van der Waals surface area contributed by atoms with Crippen molar-refractivity contribution >= 4 is 11.9 Å². The van der Waals surface area contributed by atoms with Crippen LogP contribution < -0.4 is 0 Å². The lowest BCUT2D eigenvalue weighted by Crippen LogP contribution is -2.58. The van der Waals surface area contributed by atoms with Crippen LogP contribution in [-0.2, 0) is 0 Å². The molecule has 1 aromatic rings. The second-order valence-electron chi connectivity index (χ2n) is 9.96. The minimum absolute atomic E-state index is 0.269. The molecule has 0 saturated heterocycles. The number of nitrogens with zero attached hydrogens (tertiary/aromatic N) is 1. The first-order valence-electron chi connectivity index (χ1n) is 10.4. The van der Waals surface area contributed by atoms with Gasteiger partial charge in [-0.2, -0.15) is 4.58 Å². The highest BCUT2D eigenvalue weighted by molar-refractivity contribution is 5.67. The molecule has 2 unspecified atom stereocenters. The van der Waals surface area contributed by atoms with Gasteiger partial charge in [-0.1, -0.05) is 66.7 Å². The van der Waals surface area contributed by atoms with Crippen LogP contribution in [0.1, 0.15) is 97.6 Å². The largest absolute Gasteiger partial charge is 0.212 e. The lowest BCUT2D eigenvalue weighted by Gasteiger charge is -2.52. The highest BCUT2D eigenvalue weighted by atomic mass is 15.1. The third kappa shape index (κ3) is 2.78. The fourth-order valence-corrected chi connectivity index (χ4v) is 5.62. The Morgan fingerprint density at radius 2 is 1.52 bits per heavy atom. The Morgan fingerprint density at radius 1 is 0.960 bits per heavy atom. The van der Waals surface area contributed by atoms with Crippen molar-refractivity contribution in [2.75, 3.05) is 0 Å². The smallest absolute Gasteiger partial charge is 0.197 e. The van der Waals surface area contributed by atoms with Gasteiger partial charge in [0.25, 0.3) is 0 Å². The Morgan fingerprint density at radius 3 is 1.96 bits per heavy atom. The molecule has 0 radical (unpaired) electrons. The van der Waals surface area contributed by atoms with Gasteiger partial charge in [0.15, 0.2) is 11.8 Å². The Labute approximate surface area is 155 Å². The third-order valence-electron chi connectivity index (χ3n) is 7.37. The maximum atomic E-state index is 2.74. The van der Waals surface area contributed by atoms with Gasteiger partial charge in [-0.3, -0.25) is 0 Å². The lowest BCUT2D eigenvalue weighted by molar-refractivity contribution is -0.553. The van der Waals surface area contributed by atoms with Gasteiger partial charge < -0.3 is 0 Å². The van der Waals surface area contributed by atoms with Gasteiger partial charge in [-0.15, -0.1) is 0 Å². The van der Waals surface area contributed by atoms with Crippen molar-refractivity contribution < 1.29 is 4.58 Å². The molecule has 1 heteroatoms. The molecule has 3 aliphatic rings. The molecular weight excluding hydrogens is 302 g/mol. The Hall–Kier alpha value is -1.11. The maximum absolute atomic E-state index is 2.74. The van der Waals surface area contributed by atoms with E-state index in [0.29, 0.717) is 23.2 Å². The molecule has 0 amide bonds. The predicted octanol–water partition coefficient (Wildman–Crippen LogP) is 6.88. The van der Waals surface area contributed by atoms with E-state index in [2.05, 4.69) is 84.4 Å². The summed E-state index contributed by atoms with van der Waals surface area (Å²) >= 11 is 0. The van der Waals surface area contributed by atoms with Crippen LogP contribution >= 0.6 is 0 Å². The second kappa shape index (κ2) is 6.25. The molecule has 0 spiro atoms. The zero-order valence-corrected chi connectivity index (χ0v) is 17.7. The zero-order valence-electron chi connectivity index (χ0n) is 17.7. The molecule has 25 heavy (non-hydrogen) atoms. The topological polar surface area (TPSA) is 3.01 Å². The van der Waals surface area contributed by atoms with Crippen LogP contribution in [0.15, 0.2) is 18.2 Å². The number of rotatable bonds is 4. The van der Waals surface area contributed by atoms with E-state index in [1.807, 2.05) is 0 Å². The summed E-state index contributed by atoms with van der Waals surface area (Å²) < 4.78 is 2.74. The summed E-state index contributed by atoms with van der Waals surface area (Å²) in [7, 11) is 0. The fourth-order valence-electron chi connectivity index (χ4n) is 5.62. The monoisotopic (exact) mass is 340 g/mol. The van der Waals surface area contributed by atoms with E-state index in [1.54, 1.807) is 0 Å². The summed E-state index contributed by atoms with van der Waals surface area (Å²) in [5.41, 5.74) is 5.18. The average Bonchev–Trinajstić information content (AvgIpc) is 2.53. The van der Waals surface area contributed by atoms with E-state index >= 15 is 0 Å². The number of benzene rings is 1. The van der Waals surface area contributed by atoms with E-state index in [0.717, 1.165) is 5.92 Å². The van der Waals surface area contributed by atoms with Gasteiger partial charge in [0.05, 0.1) is 5.41 Å². The molecule has 2 bridgehead atoms. The number of hydrogen-bond acceptors (Lipinski definition) is 0. The van der Waals surface area contributed by atoms with E-state index in [4.69, 9.17) is 0 Å². The van der Waals surface area contributed by atoms with Crippen molar-refractivity contribution in [2.24, 2.45) is 17.3 Å². The second-order valence-corrected chi connectivity index (χ2v) is 9.96. The van der Waals surface area contributed by atoms with Crippen molar-refractivity contribution in [3.8, 4) is 0 Å². The molecule has 1 nitrogen and oxygen atoms in total. The van der Waals surface area contributed by atoms with Crippen molar-refractivity contribution in [2.45, 2.75) is 92.0 Å². The lowest BCUT2D eigenvalue weighted by atomic mass is 9.55. The zero-order chi connectivity index (χ0) is 18.6. The molecule has 0 N–H and O–H groups in total. The van der Waals surface area contributed by atoms with Crippen LogP contribution in [0.2, 0.25) is 0 Å². The Bertz CT molecular complexity index is 655. The van der Waals surface area contributed by atoms with Gasteiger partial charge in [0.1, 0.15) is 0 Å². The van der Waals surface area contributed by atoms with Crippen molar-refractivity contribution in [3.05, 3.63) is 29.3 Å². The van der Waals surface area contributed by atoms with Gasteiger partial charge in [0.2, 0.25) is 5.69 Å². The highest BCUT2D eigenvalue weighted by Gasteiger charge is 2.58. The summed E-state index contributed by atoms with van der Waals surface area (Å²) in [6, 6.07) is 6.98. The van der Waals surface area contributed by atoms with Gasteiger partial charge >= 0.3 is 0 Å². The van der Waals surface area contributed by atoms with E-state index < -0.39 is 0 Å². The minimum atomic E-state index is 0.269. The summed E-state index contributed by atoms with van der Waals surface area (Å²) in [6.07, 6.45) is 6.64. The van der Waals surface area contributed by atoms with Crippen molar-refractivity contribution in [1.82, 2.24) is 0 Å². The molecule has 3 atom stereocenters. The average molecular weight is 341 g/mol. The first kappa shape index (κ1) is 18.7. The van der Waals surface area contributed by atoms with E-state index in [-0.39, 0.29) is 5.54 Å². The quantitative estimate of drug-likeness (QED) is 0.525. The minimum Gasteiger partial charge on any atom is -0.197 e. The van der Waals surface area contributed by atoms with E-state index in [9.17, 15) is 0 Å². The number of hydrogen-bond donors (Lipinski definition) is 0. The molecule has 1 aromatic carbocycles. The summed E-state index contributed by atoms with van der Waals surface area (Å²) in [6.45, 7) is 19.2.